The van der Waals surface area contributed by atoms with Gasteiger partial charge in [-0.15, -0.1) is 0 Å². The molecule has 2 rings (SSSR count). The minimum absolute atomic E-state index is 0.743. The predicted octanol–water partition coefficient (Wildman–Crippen LogP) is 3.51. The van der Waals surface area contributed by atoms with Crippen molar-refractivity contribution < 1.29 is 0 Å². The quantitative estimate of drug-likeness (QED) is 0.690. The van der Waals surface area contributed by atoms with Gasteiger partial charge in [0.05, 0.1) is 5.69 Å². The molecular formula is C12H9ClN. The summed E-state index contributed by atoms with van der Waals surface area (Å²) in [6.07, 6.45) is 0. The molecule has 0 bridgehead atoms. The molecule has 0 spiro atoms. The van der Waals surface area contributed by atoms with Crippen LogP contribution in [0.25, 0.3) is 11.3 Å². The highest BCUT2D eigenvalue weighted by Crippen LogP contribution is 2.19. The number of halogens is 1. The third-order valence-corrected chi connectivity index (χ3v) is 2.21. The summed E-state index contributed by atoms with van der Waals surface area (Å²) < 4.78 is 0. The molecule has 0 saturated carbocycles. The number of benzene rings is 1. The van der Waals surface area contributed by atoms with Crippen molar-refractivity contribution in [2.24, 2.45) is 0 Å². The van der Waals surface area contributed by atoms with Gasteiger partial charge in [0.15, 0.2) is 0 Å². The van der Waals surface area contributed by atoms with Crippen molar-refractivity contribution in [1.29, 1.82) is 0 Å². The molecule has 1 radical (unpaired) electrons. The Hall–Kier alpha value is -1.34. The summed E-state index contributed by atoms with van der Waals surface area (Å²) in [5.74, 6) is 0. The highest BCUT2D eigenvalue weighted by Gasteiger charge is 1.98. The Labute approximate surface area is 88.4 Å². The van der Waals surface area contributed by atoms with Crippen LogP contribution in [0.5, 0.6) is 0 Å². The molecule has 2 heteroatoms. The van der Waals surface area contributed by atoms with Crippen LogP contribution >= 0.6 is 11.6 Å². The normalized spacial score (nSPS) is 10.1. The van der Waals surface area contributed by atoms with Gasteiger partial charge < -0.3 is 0 Å². The number of hydrogen-bond donors (Lipinski definition) is 0. The van der Waals surface area contributed by atoms with Crippen molar-refractivity contribution in [2.75, 3.05) is 0 Å². The zero-order valence-corrected chi connectivity index (χ0v) is 8.55. The van der Waals surface area contributed by atoms with Gasteiger partial charge in [-0.25, -0.2) is 0 Å². The van der Waals surface area contributed by atoms with Gasteiger partial charge in [-0.2, -0.15) is 0 Å². The number of rotatable bonds is 1. The topological polar surface area (TPSA) is 12.9 Å². The first-order chi connectivity index (χ1) is 6.75. The molecule has 1 aromatic heterocycles. The summed E-state index contributed by atoms with van der Waals surface area (Å²) in [5, 5.41) is 0.743. The van der Waals surface area contributed by atoms with E-state index in [1.807, 2.05) is 43.3 Å². The van der Waals surface area contributed by atoms with Crippen molar-refractivity contribution in [2.45, 2.75) is 6.92 Å². The average molecular weight is 203 g/mol. The molecule has 1 heterocycles. The molecule has 0 amide bonds. The van der Waals surface area contributed by atoms with E-state index in [4.69, 9.17) is 11.6 Å². The van der Waals surface area contributed by atoms with Gasteiger partial charge in [-0.1, -0.05) is 29.8 Å². The third kappa shape index (κ3) is 1.94. The van der Waals surface area contributed by atoms with E-state index in [1.165, 1.54) is 0 Å². The van der Waals surface area contributed by atoms with Crippen LogP contribution in [0.3, 0.4) is 0 Å². The zero-order valence-electron chi connectivity index (χ0n) is 7.79. The Morgan fingerprint density at radius 3 is 2.50 bits per heavy atom. The molecule has 0 unspecified atom stereocenters. The van der Waals surface area contributed by atoms with Gasteiger partial charge in [0.25, 0.3) is 0 Å². The lowest BCUT2D eigenvalue weighted by Gasteiger charge is -2.01. The van der Waals surface area contributed by atoms with E-state index in [0.717, 1.165) is 22.0 Å². The average Bonchev–Trinajstić information content (AvgIpc) is 2.19. The largest absolute Gasteiger partial charge is 0.252 e. The van der Waals surface area contributed by atoms with Crippen molar-refractivity contribution >= 4 is 11.6 Å². The first-order valence-corrected chi connectivity index (χ1v) is 4.75. The second-order valence-electron chi connectivity index (χ2n) is 3.07. The maximum Gasteiger partial charge on any atom is 0.0705 e. The fraction of sp³-hybridized carbons (Fsp3) is 0.0833. The van der Waals surface area contributed by atoms with Crippen molar-refractivity contribution in [3.05, 3.63) is 53.2 Å². The van der Waals surface area contributed by atoms with Crippen LogP contribution in [0.4, 0.5) is 0 Å². The Kier molecular flexibility index (Phi) is 2.51. The Morgan fingerprint density at radius 1 is 1.14 bits per heavy atom. The molecule has 69 valence electrons. The summed E-state index contributed by atoms with van der Waals surface area (Å²) in [7, 11) is 0. The van der Waals surface area contributed by atoms with Crippen LogP contribution in [0, 0.1) is 13.0 Å². The smallest absolute Gasteiger partial charge is 0.0705 e. The van der Waals surface area contributed by atoms with Crippen molar-refractivity contribution in [1.82, 2.24) is 4.98 Å². The molecule has 0 atom stereocenters. The standard InChI is InChI=1S/C12H9ClN/c1-9-3-2-4-12(14-9)10-5-7-11(13)8-6-10/h2,4-8H,1H3. The van der Waals surface area contributed by atoms with Crippen molar-refractivity contribution in [3.63, 3.8) is 0 Å². The second kappa shape index (κ2) is 3.81. The van der Waals surface area contributed by atoms with Gasteiger partial charge in [0.2, 0.25) is 0 Å². The van der Waals surface area contributed by atoms with Crippen LogP contribution < -0.4 is 0 Å². The lowest BCUT2D eigenvalue weighted by molar-refractivity contribution is 1.20. The number of pyridine rings is 1. The summed E-state index contributed by atoms with van der Waals surface area (Å²) in [4.78, 5) is 4.37. The van der Waals surface area contributed by atoms with Gasteiger partial charge in [0.1, 0.15) is 0 Å². The molecule has 0 N–H and O–H groups in total. The fourth-order valence-corrected chi connectivity index (χ4v) is 1.40. The molecule has 14 heavy (non-hydrogen) atoms. The summed E-state index contributed by atoms with van der Waals surface area (Å²) in [5.41, 5.74) is 2.93. The summed E-state index contributed by atoms with van der Waals surface area (Å²) in [6, 6.07) is 14.5. The first-order valence-electron chi connectivity index (χ1n) is 4.37. The van der Waals surface area contributed by atoms with Crippen LogP contribution in [-0.2, 0) is 0 Å². The Morgan fingerprint density at radius 2 is 1.86 bits per heavy atom. The third-order valence-electron chi connectivity index (χ3n) is 1.96. The monoisotopic (exact) mass is 202 g/mol. The molecule has 2 aromatic rings. The van der Waals surface area contributed by atoms with Gasteiger partial charge >= 0.3 is 0 Å². The molecule has 0 saturated heterocycles. The highest BCUT2D eigenvalue weighted by molar-refractivity contribution is 6.30. The van der Waals surface area contributed by atoms with Gasteiger partial charge in [0, 0.05) is 22.3 Å². The van der Waals surface area contributed by atoms with Crippen LogP contribution in [0.1, 0.15) is 5.69 Å². The van der Waals surface area contributed by atoms with E-state index in [2.05, 4.69) is 11.1 Å². The molecular weight excluding hydrogens is 194 g/mol. The van der Waals surface area contributed by atoms with Gasteiger partial charge in [-0.3, -0.25) is 4.98 Å². The highest BCUT2D eigenvalue weighted by atomic mass is 35.5. The molecule has 1 nitrogen and oxygen atoms in total. The van der Waals surface area contributed by atoms with E-state index >= 15 is 0 Å². The minimum Gasteiger partial charge on any atom is -0.252 e. The summed E-state index contributed by atoms with van der Waals surface area (Å²) in [6.45, 7) is 1.93. The second-order valence-corrected chi connectivity index (χ2v) is 3.50. The van der Waals surface area contributed by atoms with E-state index in [-0.39, 0.29) is 0 Å². The minimum atomic E-state index is 0.743. The molecule has 0 aliphatic carbocycles. The van der Waals surface area contributed by atoms with E-state index in [9.17, 15) is 0 Å². The number of hydrogen-bond acceptors (Lipinski definition) is 1. The molecule has 0 fully saturated rings. The lowest BCUT2D eigenvalue weighted by Crippen LogP contribution is -1.85. The van der Waals surface area contributed by atoms with Crippen molar-refractivity contribution in [3.8, 4) is 11.3 Å². The number of aromatic nitrogens is 1. The van der Waals surface area contributed by atoms with E-state index < -0.39 is 0 Å². The zero-order chi connectivity index (χ0) is 9.97. The molecule has 0 aliphatic heterocycles. The van der Waals surface area contributed by atoms with E-state index in [1.54, 1.807) is 0 Å². The number of aryl methyl sites for hydroxylation is 1. The predicted molar refractivity (Wildman–Crippen MR) is 58.3 cm³/mol. The molecule has 1 aromatic carbocycles. The van der Waals surface area contributed by atoms with Crippen LogP contribution in [0.2, 0.25) is 5.02 Å². The van der Waals surface area contributed by atoms with Crippen LogP contribution in [0.15, 0.2) is 36.4 Å². The SMILES string of the molecule is Cc1[c]ccc(-c2ccc(Cl)cc2)n1. The first kappa shape index (κ1) is 9.22. The lowest BCUT2D eigenvalue weighted by atomic mass is 10.1. The fourth-order valence-electron chi connectivity index (χ4n) is 1.27. The number of nitrogens with zero attached hydrogens (tertiary/aromatic N) is 1. The van der Waals surface area contributed by atoms with E-state index in [0.29, 0.717) is 0 Å². The van der Waals surface area contributed by atoms with Gasteiger partial charge in [-0.05, 0) is 25.1 Å². The Bertz CT molecular complexity index is 434. The maximum atomic E-state index is 5.80. The molecule has 0 aliphatic rings. The van der Waals surface area contributed by atoms with Crippen LogP contribution in [-0.4, -0.2) is 4.98 Å². The Balaban J connectivity index is 2.44. The maximum absolute atomic E-state index is 5.80. The summed E-state index contributed by atoms with van der Waals surface area (Å²) >= 11 is 5.80.